The molecule has 12 heavy (non-hydrogen) atoms. The maximum absolute atomic E-state index is 11.4. The number of rotatable bonds is 2. The molecule has 0 aliphatic heterocycles. The quantitative estimate of drug-likeness (QED) is 0.652. The Morgan fingerprint density at radius 2 is 1.58 bits per heavy atom. The summed E-state index contributed by atoms with van der Waals surface area (Å²) in [6.45, 7) is 0. The van der Waals surface area contributed by atoms with Crippen LogP contribution in [0.3, 0.4) is 0 Å². The van der Waals surface area contributed by atoms with E-state index in [1.165, 1.54) is 0 Å². The zero-order valence-electron chi connectivity index (χ0n) is 5.32. The van der Waals surface area contributed by atoms with Crippen LogP contribution in [0.15, 0.2) is 0 Å². The van der Waals surface area contributed by atoms with Gasteiger partial charge in [-0.2, -0.15) is 13.2 Å². The summed E-state index contributed by atoms with van der Waals surface area (Å²) < 4.78 is 64.3. The summed E-state index contributed by atoms with van der Waals surface area (Å²) >= 11 is 0. The number of hydrogen-bond donors (Lipinski definition) is 2. The summed E-state index contributed by atoms with van der Waals surface area (Å²) in [5, 5.41) is 0. The summed E-state index contributed by atoms with van der Waals surface area (Å²) in [4.78, 5) is 15.9. The summed E-state index contributed by atoms with van der Waals surface area (Å²) in [5.41, 5.74) is -7.82. The number of alkyl halides is 3. The second-order valence-electron chi connectivity index (χ2n) is 1.85. The van der Waals surface area contributed by atoms with Crippen molar-refractivity contribution in [2.45, 2.75) is 5.51 Å². The molecular formula is C2H4F3O5PS. The predicted octanol–water partition coefficient (Wildman–Crippen LogP) is 0.0562. The lowest BCUT2D eigenvalue weighted by molar-refractivity contribution is -0.0432. The van der Waals surface area contributed by atoms with Crippen LogP contribution in [-0.2, 0) is 14.4 Å². The topological polar surface area (TPSA) is 91.7 Å². The molecule has 0 aliphatic rings. The van der Waals surface area contributed by atoms with Crippen molar-refractivity contribution in [2.24, 2.45) is 0 Å². The van der Waals surface area contributed by atoms with Crippen LogP contribution < -0.4 is 0 Å². The van der Waals surface area contributed by atoms with E-state index >= 15 is 0 Å². The monoisotopic (exact) mass is 228 g/mol. The van der Waals surface area contributed by atoms with Crippen molar-refractivity contribution in [3.63, 3.8) is 0 Å². The van der Waals surface area contributed by atoms with E-state index in [4.69, 9.17) is 9.79 Å². The van der Waals surface area contributed by atoms with E-state index in [1.807, 2.05) is 0 Å². The highest BCUT2D eigenvalue weighted by atomic mass is 32.2. The standard InChI is InChI=1S/C2H4F3O5PS/c3-2(4,5)12(9,10)1-11(6,7)8/h1H2,(H2,6,7,8). The Morgan fingerprint density at radius 3 is 1.67 bits per heavy atom. The Bertz CT molecular complexity index is 297. The summed E-state index contributed by atoms with van der Waals surface area (Å²) in [7, 11) is -10.9. The molecule has 0 saturated carbocycles. The zero-order valence-corrected chi connectivity index (χ0v) is 7.03. The van der Waals surface area contributed by atoms with Crippen molar-refractivity contribution in [3.05, 3.63) is 0 Å². The average Bonchev–Trinajstić information content (AvgIpc) is 1.52. The molecule has 0 unspecified atom stereocenters. The molecule has 0 rings (SSSR count). The highest BCUT2D eigenvalue weighted by Crippen LogP contribution is 2.40. The van der Waals surface area contributed by atoms with Crippen LogP contribution in [0.5, 0.6) is 0 Å². The van der Waals surface area contributed by atoms with Crippen molar-refractivity contribution in [1.29, 1.82) is 0 Å². The summed E-state index contributed by atoms with van der Waals surface area (Å²) in [6, 6.07) is 0. The van der Waals surface area contributed by atoms with E-state index in [0.717, 1.165) is 0 Å². The van der Waals surface area contributed by atoms with E-state index in [1.54, 1.807) is 0 Å². The van der Waals surface area contributed by atoms with E-state index < -0.39 is 28.4 Å². The number of sulfone groups is 1. The normalized spacial score (nSPS) is 14.8. The molecule has 0 radical (unpaired) electrons. The molecule has 0 aromatic rings. The van der Waals surface area contributed by atoms with Gasteiger partial charge in [0.2, 0.25) is 0 Å². The molecule has 0 aromatic carbocycles. The predicted molar refractivity (Wildman–Crippen MR) is 31.9 cm³/mol. The minimum atomic E-state index is -5.72. The lowest BCUT2D eigenvalue weighted by atomic mass is 11.6. The molecule has 0 fully saturated rings. The minimum absolute atomic E-state index is 2.20. The van der Waals surface area contributed by atoms with Gasteiger partial charge in [-0.15, -0.1) is 0 Å². The third kappa shape index (κ3) is 3.53. The van der Waals surface area contributed by atoms with Crippen LogP contribution >= 0.6 is 7.60 Å². The van der Waals surface area contributed by atoms with Crippen molar-refractivity contribution < 1.29 is 35.9 Å². The van der Waals surface area contributed by atoms with Crippen LogP contribution in [-0.4, -0.2) is 29.2 Å². The van der Waals surface area contributed by atoms with E-state index in [2.05, 4.69) is 0 Å². The van der Waals surface area contributed by atoms with Crippen LogP contribution in [0.25, 0.3) is 0 Å². The van der Waals surface area contributed by atoms with E-state index in [0.29, 0.717) is 0 Å². The van der Waals surface area contributed by atoms with Gasteiger partial charge in [-0.25, -0.2) is 8.42 Å². The highest BCUT2D eigenvalue weighted by molar-refractivity contribution is 7.98. The van der Waals surface area contributed by atoms with Gasteiger partial charge in [-0.05, 0) is 0 Å². The highest BCUT2D eigenvalue weighted by Gasteiger charge is 2.48. The Balaban J connectivity index is 4.83. The Hall–Kier alpha value is -0.110. The maximum atomic E-state index is 11.4. The van der Waals surface area contributed by atoms with E-state index in [9.17, 15) is 26.2 Å². The average molecular weight is 228 g/mol. The first-order valence-electron chi connectivity index (χ1n) is 2.29. The zero-order chi connectivity index (χ0) is 10.2. The largest absolute Gasteiger partial charge is 0.498 e. The van der Waals surface area contributed by atoms with Crippen LogP contribution in [0.1, 0.15) is 0 Å². The van der Waals surface area contributed by atoms with Crippen molar-refractivity contribution >= 4 is 17.4 Å². The first-order chi connectivity index (χ1) is 4.96. The number of halogens is 3. The molecule has 0 saturated heterocycles. The number of hydrogen-bond acceptors (Lipinski definition) is 3. The minimum Gasteiger partial charge on any atom is -0.324 e. The van der Waals surface area contributed by atoms with Crippen molar-refractivity contribution in [3.8, 4) is 0 Å². The van der Waals surface area contributed by atoms with Gasteiger partial charge in [0.25, 0.3) is 9.84 Å². The molecule has 10 heteroatoms. The van der Waals surface area contributed by atoms with Gasteiger partial charge in [-0.1, -0.05) is 0 Å². The maximum Gasteiger partial charge on any atom is 0.498 e. The summed E-state index contributed by atoms with van der Waals surface area (Å²) in [5.74, 6) is 0. The smallest absolute Gasteiger partial charge is 0.324 e. The molecule has 0 spiro atoms. The molecular weight excluding hydrogens is 224 g/mol. The van der Waals surface area contributed by atoms with Gasteiger partial charge in [0.05, 0.1) is 0 Å². The van der Waals surface area contributed by atoms with Gasteiger partial charge in [0.1, 0.15) is 0 Å². The van der Waals surface area contributed by atoms with Crippen molar-refractivity contribution in [2.75, 3.05) is 5.49 Å². The first-order valence-corrected chi connectivity index (χ1v) is 5.74. The Morgan fingerprint density at radius 1 is 1.25 bits per heavy atom. The molecule has 2 N–H and O–H groups in total. The molecule has 74 valence electrons. The molecule has 0 aromatic heterocycles. The lowest BCUT2D eigenvalue weighted by Gasteiger charge is -2.07. The molecule has 0 atom stereocenters. The van der Waals surface area contributed by atoms with Crippen molar-refractivity contribution in [1.82, 2.24) is 0 Å². The molecule has 0 aliphatic carbocycles. The Kier molecular flexibility index (Phi) is 2.96. The summed E-state index contributed by atoms with van der Waals surface area (Å²) in [6.07, 6.45) is 0. The van der Waals surface area contributed by atoms with Crippen LogP contribution in [0.2, 0.25) is 0 Å². The van der Waals surface area contributed by atoms with Gasteiger partial charge in [0, 0.05) is 0 Å². The second-order valence-corrected chi connectivity index (χ2v) is 5.91. The second kappa shape index (κ2) is 2.99. The molecule has 5 nitrogen and oxygen atoms in total. The molecule has 0 heterocycles. The van der Waals surface area contributed by atoms with Gasteiger partial charge in [-0.3, -0.25) is 4.57 Å². The molecule has 0 bridgehead atoms. The first kappa shape index (κ1) is 11.9. The fourth-order valence-corrected chi connectivity index (χ4v) is 2.65. The fraction of sp³-hybridized carbons (Fsp3) is 1.00. The lowest BCUT2D eigenvalue weighted by Crippen LogP contribution is -2.25. The molecule has 0 amide bonds. The SMILES string of the molecule is O=P(O)(O)CS(=O)(=O)C(F)(F)F. The third-order valence-corrected chi connectivity index (χ3v) is 4.10. The van der Waals surface area contributed by atoms with Gasteiger partial charge >= 0.3 is 13.1 Å². The van der Waals surface area contributed by atoms with Crippen LogP contribution in [0, 0.1) is 0 Å². The van der Waals surface area contributed by atoms with Crippen LogP contribution in [0.4, 0.5) is 13.2 Å². The Labute approximate surface area is 65.3 Å². The van der Waals surface area contributed by atoms with Gasteiger partial charge in [0.15, 0.2) is 5.49 Å². The van der Waals surface area contributed by atoms with E-state index in [-0.39, 0.29) is 0 Å². The third-order valence-electron chi connectivity index (χ3n) is 0.691. The van der Waals surface area contributed by atoms with Gasteiger partial charge < -0.3 is 9.79 Å². The fourth-order valence-electron chi connectivity index (χ4n) is 0.295.